The molecule has 11 heterocycles. The monoisotopic (exact) mass is 1910 g/mol. The van der Waals surface area contributed by atoms with Gasteiger partial charge in [0.15, 0.2) is 11.5 Å². The normalized spacial score (nSPS) is 10.9. The van der Waals surface area contributed by atoms with Gasteiger partial charge in [-0.05, 0) is 146 Å². The molecule has 0 fully saturated rings. The number of hydrogen-bond acceptors (Lipinski definition) is 39. The minimum atomic E-state index is 0.205. The van der Waals surface area contributed by atoms with Crippen molar-refractivity contribution >= 4 is 212 Å². The van der Waals surface area contributed by atoms with Gasteiger partial charge in [0.1, 0.15) is 35.7 Å². The highest BCUT2D eigenvalue weighted by molar-refractivity contribution is 9.10. The van der Waals surface area contributed by atoms with Gasteiger partial charge in [0, 0.05) is 51.5 Å². The van der Waals surface area contributed by atoms with Gasteiger partial charge in [-0.3, -0.25) is 0 Å². The molecule has 0 saturated heterocycles. The molecule has 46 heteroatoms. The van der Waals surface area contributed by atoms with Gasteiger partial charge in [-0.2, -0.15) is 53.4 Å². The third-order valence-corrected chi connectivity index (χ3v) is 24.5. The third-order valence-electron chi connectivity index (χ3n) is 19.0. The third kappa shape index (κ3) is 19.7. The zero-order chi connectivity index (χ0) is 90.8. The number of nitrogen functional groups attached to an aromatic ring is 5. The molecule has 0 saturated carbocycles. The number of benzene rings is 10. The van der Waals surface area contributed by atoms with Crippen molar-refractivity contribution in [2.75, 3.05) is 105 Å². The van der Waals surface area contributed by atoms with E-state index in [1.54, 1.807) is 94.4 Å². The molecule has 0 radical (unpaired) electrons. The van der Waals surface area contributed by atoms with E-state index in [9.17, 15) is 0 Å². The Morgan fingerprint density at radius 2 is 0.656 bits per heavy atom. The summed E-state index contributed by atoms with van der Waals surface area (Å²) in [5.74, 6) is 7.54. The molecule has 40 nitrogen and oxygen atoms in total. The first-order chi connectivity index (χ1) is 63.8. The second-order valence-corrected chi connectivity index (χ2v) is 33.4. The van der Waals surface area contributed by atoms with Gasteiger partial charge in [-0.25, -0.2) is 34.6 Å². The Kier molecular flexibility index (Phi) is 25.7. The molecule has 15 N–H and O–H groups in total. The number of nitrogens with two attached hydrogens (primary N) is 5. The number of hydrogen-bond donors (Lipinski definition) is 10. The molecule has 0 amide bonds. The number of para-hydroxylation sites is 4. The Morgan fingerprint density at radius 3 is 1.04 bits per heavy atom. The number of aromatic nitrogens is 23. The average molecular weight is 1910 g/mol. The number of rotatable bonds is 23. The molecule has 11 aromatic heterocycles. The van der Waals surface area contributed by atoms with Crippen LogP contribution < -0.4 is 88.4 Å². The van der Waals surface area contributed by atoms with Crippen molar-refractivity contribution in [1.29, 1.82) is 0 Å². The van der Waals surface area contributed by atoms with Crippen molar-refractivity contribution in [3.63, 3.8) is 0 Å². The maximum atomic E-state index is 6.08. The first-order valence-corrected chi connectivity index (χ1v) is 43.9. The predicted molar refractivity (Wildman–Crippen MR) is 517 cm³/mol. The van der Waals surface area contributed by atoms with Crippen LogP contribution in [-0.4, -0.2) is 163 Å². The van der Waals surface area contributed by atoms with Crippen LogP contribution in [0.2, 0.25) is 0 Å². The van der Waals surface area contributed by atoms with E-state index in [2.05, 4.69) is 128 Å². The lowest BCUT2D eigenvalue weighted by Crippen LogP contribution is -2.02. The molecule has 10 aromatic carbocycles. The van der Waals surface area contributed by atoms with Crippen LogP contribution in [0.3, 0.4) is 0 Å². The summed E-state index contributed by atoms with van der Waals surface area (Å²) in [6, 6.07) is 67.3. The summed E-state index contributed by atoms with van der Waals surface area (Å²) in [7, 11) is 11.1. The van der Waals surface area contributed by atoms with Gasteiger partial charge in [-0.1, -0.05) is 127 Å². The summed E-state index contributed by atoms with van der Waals surface area (Å²) in [6.45, 7) is 2.00. The Hall–Kier alpha value is -16.4. The fourth-order valence-electron chi connectivity index (χ4n) is 12.6. The smallest absolute Gasteiger partial charge is 0.249 e. The fourth-order valence-corrected chi connectivity index (χ4v) is 17.6. The molecule has 0 aliphatic rings. The molecule has 0 unspecified atom stereocenters. The van der Waals surface area contributed by atoms with Crippen LogP contribution in [0.4, 0.5) is 87.9 Å². The molecule has 0 atom stereocenters. The van der Waals surface area contributed by atoms with Crippen LogP contribution in [0, 0.1) is 6.92 Å². The lowest BCUT2D eigenvalue weighted by Gasteiger charge is -2.14. The van der Waals surface area contributed by atoms with Crippen LogP contribution in [0.15, 0.2) is 229 Å². The van der Waals surface area contributed by atoms with E-state index in [1.807, 2.05) is 195 Å². The SMILES string of the molecule is COc1ccc(C)c(Nc2nc(N)n(-c3nc4ccccc4s3)n2)c1.COc1ccc(OC)c(Nc2nc(N)n(-c3nc4ccccc4s3)n2)c1.COc1ccc2nc(-n3nc(Nc4cc(OC)c(OC)c(OC)c4)nc3N)sc2c1.Nc1nc(Nc2ccc(-n3cncn3)cc2)nn1-c1nc2ccccc2s1.Nc1nc(Nc2ccc(Br)cc2)nn1-c1nc2ccccc2s1. The first-order valence-electron chi connectivity index (χ1n) is 39.1. The molecule has 660 valence electrons. The Bertz CT molecular complexity index is 7420. The highest BCUT2D eigenvalue weighted by Gasteiger charge is 2.23. The van der Waals surface area contributed by atoms with E-state index in [4.69, 9.17) is 61.8 Å². The van der Waals surface area contributed by atoms with E-state index < -0.39 is 0 Å². The van der Waals surface area contributed by atoms with Crippen LogP contribution in [0.5, 0.6) is 40.2 Å². The molecule has 0 spiro atoms. The molecular formula is C85H76BrN33O7S5. The second-order valence-electron chi connectivity index (χ2n) is 27.4. The molecular weight excluding hydrogens is 1840 g/mol. The maximum Gasteiger partial charge on any atom is 0.249 e. The molecule has 0 aliphatic heterocycles. The van der Waals surface area contributed by atoms with E-state index in [0.717, 1.165) is 95.4 Å². The summed E-state index contributed by atoms with van der Waals surface area (Å²) in [5.41, 5.74) is 40.5. The van der Waals surface area contributed by atoms with Crippen LogP contribution in [0.25, 0.3) is 82.4 Å². The number of ether oxygens (including phenoxy) is 7. The van der Waals surface area contributed by atoms with Gasteiger partial charge in [0.2, 0.25) is 90.9 Å². The number of anilines is 15. The molecule has 21 aromatic rings. The van der Waals surface area contributed by atoms with Crippen molar-refractivity contribution in [2.45, 2.75) is 6.92 Å². The lowest BCUT2D eigenvalue weighted by atomic mass is 10.2. The summed E-state index contributed by atoms with van der Waals surface area (Å²) in [6.07, 6.45) is 3.14. The summed E-state index contributed by atoms with van der Waals surface area (Å²) in [4.78, 5) is 48.1. The van der Waals surface area contributed by atoms with Gasteiger partial charge in [0.05, 0.1) is 112 Å². The number of nitrogens with zero attached hydrogens (tertiary/aromatic N) is 23. The summed E-state index contributed by atoms with van der Waals surface area (Å²) in [5, 5.41) is 45.2. The number of methoxy groups -OCH3 is 7. The minimum absolute atomic E-state index is 0.205. The highest BCUT2D eigenvalue weighted by Crippen LogP contribution is 2.42. The van der Waals surface area contributed by atoms with Crippen LogP contribution >= 0.6 is 72.6 Å². The number of nitrogens with one attached hydrogen (secondary N) is 5. The molecule has 131 heavy (non-hydrogen) atoms. The topological polar surface area (TPSA) is 504 Å². The highest BCUT2D eigenvalue weighted by atomic mass is 79.9. The number of thiazole rings is 5. The molecule has 0 bridgehead atoms. The van der Waals surface area contributed by atoms with Crippen molar-refractivity contribution in [3.05, 3.63) is 235 Å². The quantitative estimate of drug-likeness (QED) is 0.0284. The standard InChI is InChI=1S/C19H20N6O4S.C17H13N9S.C17H16N6O2S.C17H16N6OS.C15H11BrN6S/c1-26-11-5-6-12-15(9-11)30-19(22-12)25-17(20)23-18(24-25)21-10-7-13(27-2)16(29-4)14(8-10)28-3;18-15-23-16(21-11-5-7-12(8-6-11)25-10-19-9-20-25)24-26(15)17-22-13-3-1-2-4-14(13)27-17;1-24-10-7-8-13(25-2)12(9-10)19-16-21-15(18)23(22-16)17-20-11-5-3-4-6-14(11)26-17;1-10-7-8-11(24-2)9-13(10)19-16-21-15(18)23(22-16)17-20-12-5-3-4-6-14(12)25-17;16-9-5-7-10(8-6-9)18-14-20-13(17)22(21-14)15-19-11-3-1-2-4-12(11)23-15/h5-9H,1-4H3,(H3,20,21,23,24);1-10H,(H3,18,21,23,24);3-9H,1-2H3,(H3,18,19,21,22);3-9H,1-2H3,(H3,18,19,21,22);1-8H,(H3,17,18,20,21). The van der Waals surface area contributed by atoms with E-state index in [-0.39, 0.29) is 23.8 Å². The van der Waals surface area contributed by atoms with Gasteiger partial charge < -0.3 is 88.4 Å². The van der Waals surface area contributed by atoms with Gasteiger partial charge in [0.25, 0.3) is 0 Å². The number of halogens is 1. The van der Waals surface area contributed by atoms with Crippen molar-refractivity contribution in [1.82, 2.24) is 114 Å². The van der Waals surface area contributed by atoms with E-state index >= 15 is 0 Å². The zero-order valence-corrected chi connectivity index (χ0v) is 76.0. The fraction of sp³-hybridized carbons (Fsp3) is 0.0941. The van der Waals surface area contributed by atoms with Gasteiger partial charge in [-0.15, -0.1) is 25.5 Å². The van der Waals surface area contributed by atoms with E-state index in [0.29, 0.717) is 101 Å². The Labute approximate surface area is 771 Å². The Balaban J connectivity index is 0.000000115. The second kappa shape index (κ2) is 38.8. The van der Waals surface area contributed by atoms with Crippen molar-refractivity contribution in [2.24, 2.45) is 0 Å². The Morgan fingerprint density at radius 1 is 0.313 bits per heavy atom. The molecule has 0 aliphatic carbocycles. The largest absolute Gasteiger partial charge is 0.497 e. The predicted octanol–water partition coefficient (Wildman–Crippen LogP) is 16.7. The minimum Gasteiger partial charge on any atom is -0.497 e. The summed E-state index contributed by atoms with van der Waals surface area (Å²) >= 11 is 10.9. The first kappa shape index (κ1) is 86.7. The van der Waals surface area contributed by atoms with Crippen LogP contribution in [-0.2, 0) is 0 Å². The molecule has 21 rings (SSSR count). The van der Waals surface area contributed by atoms with Crippen molar-refractivity contribution in [3.8, 4) is 71.6 Å². The number of fused-ring (bicyclic) bond motifs is 5. The lowest BCUT2D eigenvalue weighted by molar-refractivity contribution is 0.324. The zero-order valence-electron chi connectivity index (χ0n) is 70.3. The number of aryl methyl sites for hydroxylation is 1. The van der Waals surface area contributed by atoms with Gasteiger partial charge >= 0.3 is 0 Å². The average Bonchev–Trinajstić information content (AvgIpc) is 1.59. The summed E-state index contributed by atoms with van der Waals surface area (Å²) < 4.78 is 52.8. The van der Waals surface area contributed by atoms with Crippen molar-refractivity contribution < 1.29 is 33.2 Å². The van der Waals surface area contributed by atoms with E-state index in [1.165, 1.54) is 77.1 Å². The maximum absolute atomic E-state index is 6.08. The van der Waals surface area contributed by atoms with Crippen LogP contribution in [0.1, 0.15) is 5.56 Å².